The minimum atomic E-state index is 0.0888. The topological polar surface area (TPSA) is 61.7 Å². The predicted octanol–water partition coefficient (Wildman–Crippen LogP) is 3.05. The smallest absolute Gasteiger partial charge is 0.0880 e. The molecule has 1 rings (SSSR count). The number of halogens is 2. The molecule has 0 N–H and O–H groups in total. The lowest BCUT2D eigenvalue weighted by Gasteiger charge is -1.96. The fraction of sp³-hybridized carbons (Fsp3) is 0.125. The van der Waals surface area contributed by atoms with Gasteiger partial charge in [0, 0.05) is 17.3 Å². The molecule has 70 valence electrons. The van der Waals surface area contributed by atoms with Gasteiger partial charge in [-0.2, -0.15) is 0 Å². The zero-order valence-corrected chi connectivity index (χ0v) is 8.42. The fourth-order valence-corrected chi connectivity index (χ4v) is 1.18. The van der Waals surface area contributed by atoms with E-state index in [2.05, 4.69) is 26.9 Å². The van der Waals surface area contributed by atoms with Crippen LogP contribution in [0.1, 0.15) is 5.56 Å². The van der Waals surface area contributed by atoms with E-state index in [1.54, 1.807) is 0 Å². The molecule has 0 unspecified atom stereocenters. The van der Waals surface area contributed by atoms with Gasteiger partial charge in [0.05, 0.1) is 22.2 Å². The van der Waals surface area contributed by atoms with Crippen LogP contribution in [0, 0.1) is 11.8 Å². The lowest BCUT2D eigenvalue weighted by molar-refractivity contribution is 1.25. The van der Waals surface area contributed by atoms with Gasteiger partial charge in [-0.25, -0.2) is 0 Å². The number of aromatic nitrogens is 1. The van der Waals surface area contributed by atoms with Crippen molar-refractivity contribution in [2.75, 3.05) is 6.54 Å². The standard InChI is InChI=1S/C8H4Cl2N4/c9-7-4-12-5-8(10)6(7)2-1-3-13-14-11/h4-5H,3H2. The molecule has 1 heterocycles. The van der Waals surface area contributed by atoms with Crippen LogP contribution in [0.25, 0.3) is 10.4 Å². The van der Waals surface area contributed by atoms with E-state index >= 15 is 0 Å². The van der Waals surface area contributed by atoms with Crippen LogP contribution in [0.2, 0.25) is 10.0 Å². The predicted molar refractivity (Wildman–Crippen MR) is 55.1 cm³/mol. The lowest BCUT2D eigenvalue weighted by atomic mass is 10.3. The highest BCUT2D eigenvalue weighted by atomic mass is 35.5. The summed E-state index contributed by atoms with van der Waals surface area (Å²) in [5.74, 6) is 5.31. The summed E-state index contributed by atoms with van der Waals surface area (Å²) in [5, 5.41) is 4.01. The molecule has 4 nitrogen and oxygen atoms in total. The molecule has 0 fully saturated rings. The van der Waals surface area contributed by atoms with Crippen LogP contribution in [-0.2, 0) is 0 Å². The number of azide groups is 1. The third-order valence-electron chi connectivity index (χ3n) is 1.28. The van der Waals surface area contributed by atoms with Gasteiger partial charge in [0.1, 0.15) is 0 Å². The van der Waals surface area contributed by atoms with Gasteiger partial charge in [0.15, 0.2) is 0 Å². The number of pyridine rings is 1. The molecule has 0 saturated carbocycles. The van der Waals surface area contributed by atoms with E-state index in [4.69, 9.17) is 28.7 Å². The molecule has 0 spiro atoms. The van der Waals surface area contributed by atoms with E-state index in [0.29, 0.717) is 15.6 Å². The van der Waals surface area contributed by atoms with E-state index < -0.39 is 0 Å². The van der Waals surface area contributed by atoms with Crippen LogP contribution >= 0.6 is 23.2 Å². The van der Waals surface area contributed by atoms with E-state index in [-0.39, 0.29) is 6.54 Å². The first-order valence-electron chi connectivity index (χ1n) is 3.54. The molecule has 0 radical (unpaired) electrons. The Morgan fingerprint density at radius 2 is 2.07 bits per heavy atom. The number of hydrogen-bond donors (Lipinski definition) is 0. The molecule has 0 aliphatic rings. The second kappa shape index (κ2) is 5.36. The second-order valence-electron chi connectivity index (χ2n) is 2.17. The van der Waals surface area contributed by atoms with Crippen molar-refractivity contribution < 1.29 is 0 Å². The quantitative estimate of drug-likeness (QED) is 0.314. The average Bonchev–Trinajstić information content (AvgIpc) is 2.16. The fourth-order valence-electron chi connectivity index (χ4n) is 0.726. The van der Waals surface area contributed by atoms with E-state index in [1.165, 1.54) is 12.4 Å². The zero-order valence-electron chi connectivity index (χ0n) is 6.91. The molecule has 0 aromatic carbocycles. The molecule has 0 amide bonds. The second-order valence-corrected chi connectivity index (χ2v) is 2.98. The van der Waals surface area contributed by atoms with Crippen molar-refractivity contribution in [2.45, 2.75) is 0 Å². The molecule has 0 bridgehead atoms. The van der Waals surface area contributed by atoms with Crippen LogP contribution in [0.4, 0.5) is 0 Å². The SMILES string of the molecule is [N-]=[N+]=NCC#Cc1c(Cl)cncc1Cl. The molecule has 14 heavy (non-hydrogen) atoms. The monoisotopic (exact) mass is 226 g/mol. The molecule has 0 atom stereocenters. The lowest BCUT2D eigenvalue weighted by Crippen LogP contribution is -1.82. The van der Waals surface area contributed by atoms with Crippen molar-refractivity contribution in [3.8, 4) is 11.8 Å². The van der Waals surface area contributed by atoms with Crippen molar-refractivity contribution in [1.82, 2.24) is 4.98 Å². The number of nitrogens with zero attached hydrogens (tertiary/aromatic N) is 4. The summed E-state index contributed by atoms with van der Waals surface area (Å²) >= 11 is 11.6. The molecule has 0 aliphatic heterocycles. The maximum absolute atomic E-state index is 8.00. The zero-order chi connectivity index (χ0) is 10.4. The highest BCUT2D eigenvalue weighted by Gasteiger charge is 2.01. The Bertz CT molecular complexity index is 420. The summed E-state index contributed by atoms with van der Waals surface area (Å²) in [6, 6.07) is 0. The van der Waals surface area contributed by atoms with Crippen molar-refractivity contribution in [2.24, 2.45) is 5.11 Å². The molecular formula is C8H4Cl2N4. The first-order chi connectivity index (χ1) is 6.75. The van der Waals surface area contributed by atoms with Crippen molar-refractivity contribution in [3.63, 3.8) is 0 Å². The van der Waals surface area contributed by atoms with Gasteiger partial charge < -0.3 is 0 Å². The molecule has 1 aromatic heterocycles. The Morgan fingerprint density at radius 3 is 2.64 bits per heavy atom. The molecule has 1 aromatic rings. The van der Waals surface area contributed by atoms with Crippen LogP contribution in [0.15, 0.2) is 17.5 Å². The van der Waals surface area contributed by atoms with Gasteiger partial charge in [-0.05, 0) is 5.53 Å². The normalized spacial score (nSPS) is 8.43. The van der Waals surface area contributed by atoms with Gasteiger partial charge in [-0.1, -0.05) is 40.2 Å². The third kappa shape index (κ3) is 2.82. The molecule has 0 saturated heterocycles. The van der Waals surface area contributed by atoms with E-state index in [0.717, 1.165) is 0 Å². The van der Waals surface area contributed by atoms with E-state index in [9.17, 15) is 0 Å². The van der Waals surface area contributed by atoms with Gasteiger partial charge in [0.2, 0.25) is 0 Å². The maximum Gasteiger partial charge on any atom is 0.0880 e. The summed E-state index contributed by atoms with van der Waals surface area (Å²) in [6.07, 6.45) is 2.90. The summed E-state index contributed by atoms with van der Waals surface area (Å²) in [4.78, 5) is 6.33. The van der Waals surface area contributed by atoms with Gasteiger partial charge >= 0.3 is 0 Å². The van der Waals surface area contributed by atoms with Crippen molar-refractivity contribution in [3.05, 3.63) is 38.4 Å². The minimum absolute atomic E-state index is 0.0888. The Kier molecular flexibility index (Phi) is 4.09. The first kappa shape index (κ1) is 10.7. The van der Waals surface area contributed by atoms with Crippen molar-refractivity contribution in [1.29, 1.82) is 0 Å². The van der Waals surface area contributed by atoms with Crippen LogP contribution < -0.4 is 0 Å². The Morgan fingerprint density at radius 1 is 1.43 bits per heavy atom. The summed E-state index contributed by atoms with van der Waals surface area (Å²) < 4.78 is 0. The average molecular weight is 227 g/mol. The summed E-state index contributed by atoms with van der Waals surface area (Å²) in [6.45, 7) is 0.0888. The van der Waals surface area contributed by atoms with Crippen molar-refractivity contribution >= 4 is 23.2 Å². The van der Waals surface area contributed by atoms with Crippen LogP contribution in [0.5, 0.6) is 0 Å². The first-order valence-corrected chi connectivity index (χ1v) is 4.30. The highest BCUT2D eigenvalue weighted by Crippen LogP contribution is 2.21. The molecular weight excluding hydrogens is 223 g/mol. The Hall–Kier alpha value is -1.40. The van der Waals surface area contributed by atoms with Crippen LogP contribution in [-0.4, -0.2) is 11.5 Å². The van der Waals surface area contributed by atoms with Gasteiger partial charge in [0.25, 0.3) is 0 Å². The number of rotatable bonds is 1. The van der Waals surface area contributed by atoms with Gasteiger partial charge in [-0.3, -0.25) is 4.98 Å². The highest BCUT2D eigenvalue weighted by molar-refractivity contribution is 6.36. The Balaban J connectivity index is 2.94. The van der Waals surface area contributed by atoms with E-state index in [1.807, 2.05) is 0 Å². The number of hydrogen-bond acceptors (Lipinski definition) is 2. The third-order valence-corrected chi connectivity index (χ3v) is 1.85. The Labute approximate surface area is 90.5 Å². The minimum Gasteiger partial charge on any atom is -0.262 e. The molecule has 0 aliphatic carbocycles. The molecule has 6 heteroatoms. The summed E-state index contributed by atoms with van der Waals surface area (Å²) in [5.41, 5.74) is 8.50. The largest absolute Gasteiger partial charge is 0.262 e. The van der Waals surface area contributed by atoms with Crippen LogP contribution in [0.3, 0.4) is 0 Å². The summed E-state index contributed by atoms with van der Waals surface area (Å²) in [7, 11) is 0. The maximum atomic E-state index is 8.00. The van der Waals surface area contributed by atoms with Gasteiger partial charge in [-0.15, -0.1) is 0 Å².